The Morgan fingerprint density at radius 3 is 2.74 bits per heavy atom. The molecule has 98 valence electrons. The van der Waals surface area contributed by atoms with Crippen LogP contribution in [0.1, 0.15) is 5.56 Å². The van der Waals surface area contributed by atoms with Gasteiger partial charge in [0.1, 0.15) is 10.0 Å². The summed E-state index contributed by atoms with van der Waals surface area (Å²) >= 11 is 5.90. The monoisotopic (exact) mass is 294 g/mol. The Morgan fingerprint density at radius 1 is 1.16 bits per heavy atom. The summed E-state index contributed by atoms with van der Waals surface area (Å²) in [6, 6.07) is 10.5. The van der Waals surface area contributed by atoms with Gasteiger partial charge in [-0.25, -0.2) is 13.4 Å². The van der Waals surface area contributed by atoms with Crippen molar-refractivity contribution in [3.63, 3.8) is 0 Å². The Hall–Kier alpha value is -1.59. The Balaban J connectivity index is 2.11. The number of fused-ring (bicyclic) bond motifs is 1. The standard InChI is InChI=1S/C13H11ClN2O2S/c14-13-12(6-3-8-15-13)19(17,18)16-9-7-10-4-1-2-5-11(10)16/h1-6,8H,7,9H2. The van der Waals surface area contributed by atoms with E-state index in [1.807, 2.05) is 24.3 Å². The minimum atomic E-state index is -3.64. The average Bonchev–Trinajstić information content (AvgIpc) is 2.83. The van der Waals surface area contributed by atoms with Crippen LogP contribution in [-0.4, -0.2) is 19.9 Å². The molecule has 0 saturated heterocycles. The third-order valence-corrected chi connectivity index (χ3v) is 5.40. The molecule has 0 unspecified atom stereocenters. The van der Waals surface area contributed by atoms with Crippen LogP contribution in [0.2, 0.25) is 5.15 Å². The number of hydrogen-bond donors (Lipinski definition) is 0. The highest BCUT2D eigenvalue weighted by Gasteiger charge is 2.32. The smallest absolute Gasteiger partial charge is 0.266 e. The molecule has 0 saturated carbocycles. The van der Waals surface area contributed by atoms with E-state index in [-0.39, 0.29) is 10.0 Å². The first-order valence-corrected chi connectivity index (χ1v) is 7.63. The van der Waals surface area contributed by atoms with E-state index in [1.54, 1.807) is 6.07 Å². The summed E-state index contributed by atoms with van der Waals surface area (Å²) in [5, 5.41) is 0.00637. The number of pyridine rings is 1. The maximum atomic E-state index is 12.6. The van der Waals surface area contributed by atoms with E-state index in [0.717, 1.165) is 11.3 Å². The number of nitrogens with zero attached hydrogens (tertiary/aromatic N) is 2. The van der Waals surface area contributed by atoms with Gasteiger partial charge in [-0.1, -0.05) is 29.8 Å². The third kappa shape index (κ3) is 1.99. The summed E-state index contributed by atoms with van der Waals surface area (Å²) in [7, 11) is -3.64. The van der Waals surface area contributed by atoms with Crippen molar-refractivity contribution in [2.45, 2.75) is 11.3 Å². The van der Waals surface area contributed by atoms with Crippen LogP contribution in [0.5, 0.6) is 0 Å². The Labute approximate surface area is 116 Å². The molecule has 2 heterocycles. The number of anilines is 1. The second-order valence-corrected chi connectivity index (χ2v) is 6.44. The van der Waals surface area contributed by atoms with Gasteiger partial charge in [0.15, 0.2) is 0 Å². The predicted octanol–water partition coefficient (Wildman–Crippen LogP) is 2.49. The number of rotatable bonds is 2. The minimum Gasteiger partial charge on any atom is -0.266 e. The lowest BCUT2D eigenvalue weighted by Crippen LogP contribution is -2.29. The van der Waals surface area contributed by atoms with Gasteiger partial charge in [-0.15, -0.1) is 0 Å². The molecule has 1 aromatic carbocycles. The second-order valence-electron chi connectivity index (χ2n) is 4.25. The van der Waals surface area contributed by atoms with Crippen LogP contribution < -0.4 is 4.31 Å². The minimum absolute atomic E-state index is 0.00637. The summed E-state index contributed by atoms with van der Waals surface area (Å²) < 4.78 is 26.6. The van der Waals surface area contributed by atoms with Crippen molar-refractivity contribution < 1.29 is 8.42 Å². The zero-order valence-corrected chi connectivity index (χ0v) is 11.5. The molecule has 2 aromatic rings. The number of sulfonamides is 1. The quantitative estimate of drug-likeness (QED) is 0.800. The fourth-order valence-corrected chi connectivity index (χ4v) is 4.17. The molecule has 0 atom stereocenters. The molecule has 19 heavy (non-hydrogen) atoms. The van der Waals surface area contributed by atoms with E-state index in [0.29, 0.717) is 13.0 Å². The van der Waals surface area contributed by atoms with Crippen LogP contribution in [0, 0.1) is 0 Å². The molecular weight excluding hydrogens is 284 g/mol. The van der Waals surface area contributed by atoms with E-state index in [2.05, 4.69) is 4.98 Å². The van der Waals surface area contributed by atoms with Gasteiger partial charge in [-0.05, 0) is 30.2 Å². The summed E-state index contributed by atoms with van der Waals surface area (Å²) in [4.78, 5) is 3.88. The number of para-hydroxylation sites is 1. The molecule has 0 spiro atoms. The largest absolute Gasteiger partial charge is 0.267 e. The van der Waals surface area contributed by atoms with Crippen LogP contribution in [0.4, 0.5) is 5.69 Å². The van der Waals surface area contributed by atoms with Gasteiger partial charge in [0.05, 0.1) is 5.69 Å². The molecule has 4 nitrogen and oxygen atoms in total. The number of hydrogen-bond acceptors (Lipinski definition) is 3. The molecule has 1 aliphatic heterocycles. The third-order valence-electron chi connectivity index (χ3n) is 3.14. The lowest BCUT2D eigenvalue weighted by Gasteiger charge is -2.19. The number of benzene rings is 1. The predicted molar refractivity (Wildman–Crippen MR) is 73.9 cm³/mol. The summed E-state index contributed by atoms with van der Waals surface area (Å²) in [5.74, 6) is 0. The van der Waals surface area contributed by atoms with E-state index in [1.165, 1.54) is 16.6 Å². The topological polar surface area (TPSA) is 50.3 Å². The van der Waals surface area contributed by atoms with Crippen LogP contribution >= 0.6 is 11.6 Å². The molecular formula is C13H11ClN2O2S. The SMILES string of the molecule is O=S(=O)(c1cccnc1Cl)N1CCc2ccccc21. The Morgan fingerprint density at radius 2 is 1.95 bits per heavy atom. The molecule has 0 bridgehead atoms. The van der Waals surface area contributed by atoms with Gasteiger partial charge in [0, 0.05) is 12.7 Å². The molecule has 0 radical (unpaired) electrons. The van der Waals surface area contributed by atoms with Crippen LogP contribution in [-0.2, 0) is 16.4 Å². The van der Waals surface area contributed by atoms with Crippen molar-refractivity contribution in [3.05, 3.63) is 53.3 Å². The molecule has 1 aliphatic rings. The molecule has 6 heteroatoms. The van der Waals surface area contributed by atoms with Crippen molar-refractivity contribution in [1.82, 2.24) is 4.98 Å². The highest BCUT2D eigenvalue weighted by atomic mass is 35.5. The van der Waals surface area contributed by atoms with Crippen molar-refractivity contribution in [2.24, 2.45) is 0 Å². The highest BCUT2D eigenvalue weighted by Crippen LogP contribution is 2.33. The lowest BCUT2D eigenvalue weighted by molar-refractivity contribution is 0.592. The van der Waals surface area contributed by atoms with Gasteiger partial charge >= 0.3 is 0 Å². The Bertz CT molecular complexity index is 731. The fraction of sp³-hybridized carbons (Fsp3) is 0.154. The summed E-state index contributed by atoms with van der Waals surface area (Å²) in [6.07, 6.45) is 2.19. The van der Waals surface area contributed by atoms with Crippen LogP contribution in [0.25, 0.3) is 0 Å². The number of halogens is 1. The van der Waals surface area contributed by atoms with Crippen molar-refractivity contribution in [2.75, 3.05) is 10.8 Å². The highest BCUT2D eigenvalue weighted by molar-refractivity contribution is 7.93. The molecule has 0 fully saturated rings. The number of aromatic nitrogens is 1. The average molecular weight is 295 g/mol. The molecule has 3 rings (SSSR count). The second kappa shape index (κ2) is 4.51. The molecule has 0 aliphatic carbocycles. The fourth-order valence-electron chi connectivity index (χ4n) is 2.24. The van der Waals surface area contributed by atoms with Crippen molar-refractivity contribution in [3.8, 4) is 0 Å². The van der Waals surface area contributed by atoms with Crippen LogP contribution in [0.3, 0.4) is 0 Å². The normalized spacial score (nSPS) is 14.5. The van der Waals surface area contributed by atoms with E-state index in [4.69, 9.17) is 11.6 Å². The first kappa shape index (κ1) is 12.4. The van der Waals surface area contributed by atoms with Crippen LogP contribution in [0.15, 0.2) is 47.5 Å². The van der Waals surface area contributed by atoms with Crippen molar-refractivity contribution in [1.29, 1.82) is 0 Å². The van der Waals surface area contributed by atoms with Gasteiger partial charge < -0.3 is 0 Å². The molecule has 1 aromatic heterocycles. The first-order valence-electron chi connectivity index (χ1n) is 5.82. The summed E-state index contributed by atoms with van der Waals surface area (Å²) in [5.41, 5.74) is 1.76. The van der Waals surface area contributed by atoms with Crippen molar-refractivity contribution >= 4 is 27.3 Å². The van der Waals surface area contributed by atoms with Gasteiger partial charge in [-0.3, -0.25) is 4.31 Å². The first-order chi connectivity index (χ1) is 9.10. The zero-order valence-electron chi connectivity index (χ0n) is 9.95. The molecule has 0 amide bonds. The molecule has 0 N–H and O–H groups in total. The zero-order chi connectivity index (χ0) is 13.5. The lowest BCUT2D eigenvalue weighted by atomic mass is 10.2. The summed E-state index contributed by atoms with van der Waals surface area (Å²) in [6.45, 7) is 0.437. The maximum Gasteiger partial charge on any atom is 0.267 e. The van der Waals surface area contributed by atoms with Gasteiger partial charge in [0.2, 0.25) is 0 Å². The Kier molecular flexibility index (Phi) is 2.95. The van der Waals surface area contributed by atoms with Gasteiger partial charge in [0.25, 0.3) is 10.0 Å². The van der Waals surface area contributed by atoms with E-state index >= 15 is 0 Å². The maximum absolute atomic E-state index is 12.6. The van der Waals surface area contributed by atoms with Gasteiger partial charge in [-0.2, -0.15) is 0 Å². The van der Waals surface area contributed by atoms with E-state index < -0.39 is 10.0 Å². The van der Waals surface area contributed by atoms with E-state index in [9.17, 15) is 8.42 Å².